The van der Waals surface area contributed by atoms with Crippen LogP contribution in [0.3, 0.4) is 0 Å². The lowest BCUT2D eigenvalue weighted by atomic mass is 9.77. The summed E-state index contributed by atoms with van der Waals surface area (Å²) in [6, 6.07) is 6.30. The number of nitrogens with two attached hydrogens (primary N) is 1. The molecule has 1 fully saturated rings. The van der Waals surface area contributed by atoms with Crippen molar-refractivity contribution < 1.29 is 4.74 Å². The van der Waals surface area contributed by atoms with Crippen LogP contribution < -0.4 is 10.5 Å². The van der Waals surface area contributed by atoms with Gasteiger partial charge in [0.1, 0.15) is 5.75 Å². The lowest BCUT2D eigenvalue weighted by molar-refractivity contribution is 0.265. The molecule has 1 aromatic heterocycles. The smallest absolute Gasteiger partial charge is 0.142 e. The predicted molar refractivity (Wildman–Crippen MR) is 73.9 cm³/mol. The summed E-state index contributed by atoms with van der Waals surface area (Å²) in [5.74, 6) is 1.54. The first-order valence-electron chi connectivity index (χ1n) is 6.63. The molecule has 1 aromatic carbocycles. The van der Waals surface area contributed by atoms with Crippen molar-refractivity contribution in [3.05, 3.63) is 29.5 Å². The Morgan fingerprint density at radius 2 is 2.17 bits per heavy atom. The van der Waals surface area contributed by atoms with E-state index in [-0.39, 0.29) is 6.04 Å². The molecule has 0 bridgehead atoms. The molecule has 3 rings (SSSR count). The number of rotatable bonds is 3. The Kier molecular flexibility index (Phi) is 2.78. The van der Waals surface area contributed by atoms with Gasteiger partial charge in [0.15, 0.2) is 0 Å². The highest BCUT2D eigenvalue weighted by molar-refractivity contribution is 5.90. The topological polar surface area (TPSA) is 51.0 Å². The molecule has 3 N–H and O–H groups in total. The van der Waals surface area contributed by atoms with E-state index in [0.717, 1.165) is 11.3 Å². The normalized spacial score (nSPS) is 17.7. The highest BCUT2D eigenvalue weighted by atomic mass is 16.5. The van der Waals surface area contributed by atoms with E-state index in [4.69, 9.17) is 10.5 Å². The number of benzene rings is 1. The second-order valence-electron chi connectivity index (χ2n) is 5.26. The maximum atomic E-state index is 6.44. The van der Waals surface area contributed by atoms with Crippen LogP contribution in [0.25, 0.3) is 10.9 Å². The Morgan fingerprint density at radius 1 is 1.39 bits per heavy atom. The fourth-order valence-corrected chi connectivity index (χ4v) is 2.98. The number of aromatic nitrogens is 1. The molecule has 2 aromatic rings. The van der Waals surface area contributed by atoms with Crippen molar-refractivity contribution in [1.82, 2.24) is 4.98 Å². The number of hydrogen-bond donors (Lipinski definition) is 2. The summed E-state index contributed by atoms with van der Waals surface area (Å²) >= 11 is 0. The average Bonchev–Trinajstić information content (AvgIpc) is 2.62. The van der Waals surface area contributed by atoms with E-state index >= 15 is 0 Å². The summed E-state index contributed by atoms with van der Waals surface area (Å²) < 4.78 is 5.40. The molecule has 3 heteroatoms. The predicted octanol–water partition coefficient (Wildman–Crippen LogP) is 3.28. The van der Waals surface area contributed by atoms with Gasteiger partial charge in [-0.1, -0.05) is 18.6 Å². The fourth-order valence-electron chi connectivity index (χ4n) is 2.98. The number of aromatic amines is 1. The van der Waals surface area contributed by atoms with Crippen LogP contribution in [0.2, 0.25) is 0 Å². The SMILES string of the molecule is COc1cccc2c(C(N)C3CCC3)c(C)[nH]c12. The standard InChI is InChI=1S/C15H20N2O/c1-9-13(14(16)10-5-3-6-10)11-7-4-8-12(18-2)15(11)17-9/h4,7-8,10,14,17H,3,5-6,16H2,1-2H3. The first-order chi connectivity index (χ1) is 8.72. The van der Waals surface area contributed by atoms with Gasteiger partial charge in [0, 0.05) is 17.1 Å². The lowest BCUT2D eigenvalue weighted by Gasteiger charge is -2.31. The molecule has 1 aliphatic carbocycles. The van der Waals surface area contributed by atoms with E-state index in [2.05, 4.69) is 18.0 Å². The third-order valence-corrected chi connectivity index (χ3v) is 4.24. The number of ether oxygens (including phenoxy) is 1. The Hall–Kier alpha value is -1.48. The van der Waals surface area contributed by atoms with Gasteiger partial charge in [-0.15, -0.1) is 0 Å². The molecule has 0 saturated heterocycles. The monoisotopic (exact) mass is 244 g/mol. The van der Waals surface area contributed by atoms with E-state index in [0.29, 0.717) is 5.92 Å². The highest BCUT2D eigenvalue weighted by Crippen LogP contribution is 2.41. The third kappa shape index (κ3) is 1.62. The van der Waals surface area contributed by atoms with Crippen molar-refractivity contribution in [1.29, 1.82) is 0 Å². The first-order valence-corrected chi connectivity index (χ1v) is 6.63. The molecule has 1 saturated carbocycles. The molecular formula is C15H20N2O. The van der Waals surface area contributed by atoms with Gasteiger partial charge in [0.25, 0.3) is 0 Å². The quantitative estimate of drug-likeness (QED) is 0.870. The number of hydrogen-bond acceptors (Lipinski definition) is 2. The molecular weight excluding hydrogens is 224 g/mol. The number of para-hydroxylation sites is 1. The Bertz CT molecular complexity index is 569. The first kappa shape index (κ1) is 11.6. The molecule has 0 radical (unpaired) electrons. The van der Waals surface area contributed by atoms with Gasteiger partial charge in [-0.25, -0.2) is 0 Å². The van der Waals surface area contributed by atoms with Crippen LogP contribution in [0, 0.1) is 12.8 Å². The van der Waals surface area contributed by atoms with Crippen molar-refractivity contribution in [2.75, 3.05) is 7.11 Å². The van der Waals surface area contributed by atoms with E-state index in [1.165, 1.54) is 35.9 Å². The molecule has 1 heterocycles. The lowest BCUT2D eigenvalue weighted by Crippen LogP contribution is -2.27. The van der Waals surface area contributed by atoms with Gasteiger partial charge in [-0.2, -0.15) is 0 Å². The molecule has 18 heavy (non-hydrogen) atoms. The summed E-state index contributed by atoms with van der Waals surface area (Å²) in [7, 11) is 1.70. The summed E-state index contributed by atoms with van der Waals surface area (Å²) in [5.41, 5.74) is 9.96. The summed E-state index contributed by atoms with van der Waals surface area (Å²) in [5, 5.41) is 1.21. The molecule has 0 amide bonds. The van der Waals surface area contributed by atoms with Crippen LogP contribution >= 0.6 is 0 Å². The zero-order valence-corrected chi connectivity index (χ0v) is 11.0. The van der Waals surface area contributed by atoms with Crippen LogP contribution in [-0.4, -0.2) is 12.1 Å². The van der Waals surface area contributed by atoms with E-state index < -0.39 is 0 Å². The largest absolute Gasteiger partial charge is 0.495 e. The maximum absolute atomic E-state index is 6.44. The van der Waals surface area contributed by atoms with Gasteiger partial charge < -0.3 is 15.5 Å². The van der Waals surface area contributed by atoms with Crippen LogP contribution in [-0.2, 0) is 0 Å². The highest BCUT2D eigenvalue weighted by Gasteiger charge is 2.28. The molecule has 96 valence electrons. The minimum atomic E-state index is 0.152. The van der Waals surface area contributed by atoms with Gasteiger partial charge in [0.05, 0.1) is 12.6 Å². The van der Waals surface area contributed by atoms with Gasteiger partial charge in [0.2, 0.25) is 0 Å². The number of H-pyrrole nitrogens is 1. The molecule has 1 unspecified atom stereocenters. The van der Waals surface area contributed by atoms with E-state index in [1.807, 2.05) is 12.1 Å². The average molecular weight is 244 g/mol. The van der Waals surface area contributed by atoms with E-state index in [9.17, 15) is 0 Å². The molecule has 1 aliphatic rings. The van der Waals surface area contributed by atoms with Crippen LogP contribution in [0.15, 0.2) is 18.2 Å². The van der Waals surface area contributed by atoms with Crippen molar-refractivity contribution in [2.24, 2.45) is 11.7 Å². The summed E-state index contributed by atoms with van der Waals surface area (Å²) in [6.07, 6.45) is 3.84. The number of methoxy groups -OCH3 is 1. The van der Waals surface area contributed by atoms with Crippen molar-refractivity contribution in [3.63, 3.8) is 0 Å². The maximum Gasteiger partial charge on any atom is 0.142 e. The molecule has 3 nitrogen and oxygen atoms in total. The molecule has 1 atom stereocenters. The summed E-state index contributed by atoms with van der Waals surface area (Å²) in [6.45, 7) is 2.10. The zero-order chi connectivity index (χ0) is 12.7. The summed E-state index contributed by atoms with van der Waals surface area (Å²) in [4.78, 5) is 3.43. The molecule has 0 aliphatic heterocycles. The Morgan fingerprint density at radius 3 is 2.78 bits per heavy atom. The minimum Gasteiger partial charge on any atom is -0.495 e. The fraction of sp³-hybridized carbons (Fsp3) is 0.467. The van der Waals surface area contributed by atoms with Gasteiger partial charge >= 0.3 is 0 Å². The van der Waals surface area contributed by atoms with Crippen LogP contribution in [0.4, 0.5) is 0 Å². The van der Waals surface area contributed by atoms with E-state index in [1.54, 1.807) is 7.11 Å². The van der Waals surface area contributed by atoms with Crippen LogP contribution in [0.1, 0.15) is 36.6 Å². The van der Waals surface area contributed by atoms with Crippen LogP contribution in [0.5, 0.6) is 5.75 Å². The minimum absolute atomic E-state index is 0.152. The van der Waals surface area contributed by atoms with Gasteiger partial charge in [-0.3, -0.25) is 0 Å². The van der Waals surface area contributed by atoms with Gasteiger partial charge in [-0.05, 0) is 37.3 Å². The van der Waals surface area contributed by atoms with Crippen molar-refractivity contribution >= 4 is 10.9 Å². The van der Waals surface area contributed by atoms with Crippen molar-refractivity contribution in [3.8, 4) is 5.75 Å². The number of nitrogens with one attached hydrogen (secondary N) is 1. The zero-order valence-electron chi connectivity index (χ0n) is 11.0. The number of fused-ring (bicyclic) bond motifs is 1. The molecule has 0 spiro atoms. The van der Waals surface area contributed by atoms with Crippen molar-refractivity contribution in [2.45, 2.75) is 32.2 Å². The Balaban J connectivity index is 2.13. The second-order valence-corrected chi connectivity index (χ2v) is 5.26. The Labute approximate surface area is 107 Å². The third-order valence-electron chi connectivity index (χ3n) is 4.24. The second kappa shape index (κ2) is 4.32. The number of aryl methyl sites for hydroxylation is 1.